The smallest absolute Gasteiger partial charge is 0.271 e. The van der Waals surface area contributed by atoms with Crippen molar-refractivity contribution in [2.45, 2.75) is 26.8 Å². The van der Waals surface area contributed by atoms with Gasteiger partial charge in [0, 0.05) is 18.7 Å². The lowest BCUT2D eigenvalue weighted by Gasteiger charge is -2.29. The zero-order chi connectivity index (χ0) is 26.5. The van der Waals surface area contributed by atoms with Crippen LogP contribution in [0, 0.1) is 0 Å². The highest BCUT2D eigenvalue weighted by molar-refractivity contribution is 7.07. The first-order valence-corrected chi connectivity index (χ1v) is 13.0. The van der Waals surface area contributed by atoms with E-state index in [9.17, 15) is 9.59 Å². The Kier molecular flexibility index (Phi) is 8.08. The van der Waals surface area contributed by atoms with Crippen molar-refractivity contribution in [3.8, 4) is 11.5 Å². The molecule has 2 heterocycles. The minimum Gasteiger partial charge on any atom is -0.496 e. The van der Waals surface area contributed by atoms with Gasteiger partial charge in [0.25, 0.3) is 11.5 Å². The van der Waals surface area contributed by atoms with E-state index in [1.807, 2.05) is 75.4 Å². The Morgan fingerprint density at radius 3 is 2.51 bits per heavy atom. The van der Waals surface area contributed by atoms with Crippen molar-refractivity contribution < 1.29 is 14.3 Å². The van der Waals surface area contributed by atoms with Gasteiger partial charge in [-0.25, -0.2) is 4.99 Å². The molecule has 1 amide bonds. The highest BCUT2D eigenvalue weighted by Gasteiger charge is 2.35. The zero-order valence-electron chi connectivity index (χ0n) is 21.6. The van der Waals surface area contributed by atoms with Gasteiger partial charge in [-0.2, -0.15) is 0 Å². The van der Waals surface area contributed by atoms with Gasteiger partial charge in [0.1, 0.15) is 24.1 Å². The van der Waals surface area contributed by atoms with Gasteiger partial charge in [0.05, 0.1) is 22.9 Å². The fraction of sp³-hybridized carbons (Fsp3) is 0.276. The predicted molar refractivity (Wildman–Crippen MR) is 147 cm³/mol. The number of allylic oxidation sites excluding steroid dienone is 1. The number of benzene rings is 2. The van der Waals surface area contributed by atoms with Gasteiger partial charge in [-0.05, 0) is 50.6 Å². The van der Waals surface area contributed by atoms with Crippen molar-refractivity contribution in [2.75, 3.05) is 26.8 Å². The summed E-state index contributed by atoms with van der Waals surface area (Å²) in [5.74, 6) is 1.20. The summed E-state index contributed by atoms with van der Waals surface area (Å²) in [6.07, 6.45) is 3.53. The van der Waals surface area contributed by atoms with Gasteiger partial charge in [-0.1, -0.05) is 54.3 Å². The quantitative estimate of drug-likeness (QED) is 0.406. The lowest BCUT2D eigenvalue weighted by Crippen LogP contribution is -2.43. The van der Waals surface area contributed by atoms with Crippen LogP contribution in [-0.2, 0) is 4.79 Å². The molecule has 4 rings (SSSR count). The molecule has 1 atom stereocenters. The molecular weight excluding hydrogens is 486 g/mol. The lowest BCUT2D eigenvalue weighted by molar-refractivity contribution is -0.127. The number of fused-ring (bicyclic) bond motifs is 1. The second kappa shape index (κ2) is 11.4. The highest BCUT2D eigenvalue weighted by atomic mass is 32.1. The predicted octanol–water partition coefficient (Wildman–Crippen LogP) is 3.68. The number of hydrogen-bond donors (Lipinski definition) is 0. The molecule has 2 aromatic carbocycles. The Labute approximate surface area is 220 Å². The Bertz CT molecular complexity index is 1510. The van der Waals surface area contributed by atoms with E-state index in [0.717, 1.165) is 16.9 Å². The first-order chi connectivity index (χ1) is 17.9. The summed E-state index contributed by atoms with van der Waals surface area (Å²) in [6.45, 7) is 10.9. The third-order valence-electron chi connectivity index (χ3n) is 6.28. The molecule has 37 heavy (non-hydrogen) atoms. The van der Waals surface area contributed by atoms with Crippen molar-refractivity contribution >= 4 is 23.3 Å². The van der Waals surface area contributed by atoms with Crippen LogP contribution in [0.15, 0.2) is 82.2 Å². The number of rotatable bonds is 9. The average Bonchev–Trinajstić information content (AvgIpc) is 3.22. The van der Waals surface area contributed by atoms with Crippen LogP contribution in [0.2, 0.25) is 0 Å². The zero-order valence-corrected chi connectivity index (χ0v) is 22.4. The molecule has 1 aromatic heterocycles. The number of carbonyl (C=O) groups is 1. The summed E-state index contributed by atoms with van der Waals surface area (Å²) in [5, 5.41) is 0. The van der Waals surface area contributed by atoms with E-state index in [1.54, 1.807) is 22.7 Å². The fourth-order valence-corrected chi connectivity index (χ4v) is 5.48. The van der Waals surface area contributed by atoms with Crippen LogP contribution in [0.3, 0.4) is 0 Å². The highest BCUT2D eigenvalue weighted by Crippen LogP contribution is 2.36. The van der Waals surface area contributed by atoms with E-state index in [2.05, 4.69) is 6.58 Å². The molecule has 0 fully saturated rings. The minimum absolute atomic E-state index is 0.133. The maximum atomic E-state index is 13.9. The van der Waals surface area contributed by atoms with Gasteiger partial charge >= 0.3 is 0 Å². The molecule has 1 unspecified atom stereocenters. The molecule has 192 valence electrons. The number of carbonyl (C=O) groups excluding carboxylic acids is 1. The van der Waals surface area contributed by atoms with Crippen LogP contribution in [0.1, 0.15) is 37.9 Å². The monoisotopic (exact) mass is 517 g/mol. The Hall–Kier alpha value is -3.91. The van der Waals surface area contributed by atoms with E-state index in [0.29, 0.717) is 46.0 Å². The molecule has 0 N–H and O–H groups in total. The van der Waals surface area contributed by atoms with E-state index in [1.165, 1.54) is 11.3 Å². The third-order valence-corrected chi connectivity index (χ3v) is 7.26. The maximum absolute atomic E-state index is 13.9. The minimum atomic E-state index is -0.655. The van der Waals surface area contributed by atoms with Crippen molar-refractivity contribution in [1.29, 1.82) is 0 Å². The molecule has 1 aliphatic rings. The van der Waals surface area contributed by atoms with Crippen LogP contribution < -0.4 is 24.4 Å². The molecule has 0 saturated heterocycles. The number of nitrogens with zero attached hydrogens (tertiary/aromatic N) is 3. The molecular formula is C29H31N3O4S. The first-order valence-electron chi connectivity index (χ1n) is 12.2. The van der Waals surface area contributed by atoms with Crippen LogP contribution in [0.4, 0.5) is 0 Å². The van der Waals surface area contributed by atoms with Crippen LogP contribution >= 0.6 is 11.3 Å². The number of methoxy groups -OCH3 is 1. The molecule has 0 bridgehead atoms. The third kappa shape index (κ3) is 5.15. The Morgan fingerprint density at radius 1 is 1.16 bits per heavy atom. The SMILES string of the molecule is C=CCOc1ccc(/C=c2\sc3n(c2=O)C(c2ccccc2OC)C(C(=O)N(CC)CC)=C(C)N=3)cc1. The summed E-state index contributed by atoms with van der Waals surface area (Å²) >= 11 is 1.31. The molecule has 0 aliphatic carbocycles. The normalized spacial score (nSPS) is 15.1. The topological polar surface area (TPSA) is 73.1 Å². The largest absolute Gasteiger partial charge is 0.496 e. The second-order valence-corrected chi connectivity index (χ2v) is 9.48. The summed E-state index contributed by atoms with van der Waals surface area (Å²) in [6, 6.07) is 14.4. The number of aromatic nitrogens is 1. The Morgan fingerprint density at radius 2 is 1.86 bits per heavy atom. The molecule has 0 saturated carbocycles. The van der Waals surface area contributed by atoms with Crippen molar-refractivity contribution in [1.82, 2.24) is 9.47 Å². The van der Waals surface area contributed by atoms with Crippen molar-refractivity contribution in [3.05, 3.63) is 103 Å². The Balaban J connectivity index is 1.90. The van der Waals surface area contributed by atoms with Crippen LogP contribution in [-0.4, -0.2) is 42.2 Å². The molecule has 7 nitrogen and oxygen atoms in total. The van der Waals surface area contributed by atoms with Gasteiger partial charge in [0.2, 0.25) is 0 Å². The summed E-state index contributed by atoms with van der Waals surface area (Å²) in [4.78, 5) is 34.6. The molecule has 3 aromatic rings. The van der Waals surface area contributed by atoms with Crippen LogP contribution in [0.5, 0.6) is 11.5 Å². The number of para-hydroxylation sites is 1. The first kappa shape index (κ1) is 26.2. The summed E-state index contributed by atoms with van der Waals surface area (Å²) in [5.41, 5.74) is 2.48. The molecule has 1 aliphatic heterocycles. The molecule has 8 heteroatoms. The van der Waals surface area contributed by atoms with E-state index >= 15 is 0 Å². The van der Waals surface area contributed by atoms with Gasteiger partial charge in [0.15, 0.2) is 4.80 Å². The van der Waals surface area contributed by atoms with E-state index in [4.69, 9.17) is 14.5 Å². The van der Waals surface area contributed by atoms with Crippen LogP contribution in [0.25, 0.3) is 6.08 Å². The number of amides is 1. The number of thiazole rings is 1. The molecule has 0 spiro atoms. The van der Waals surface area contributed by atoms with Gasteiger partial charge in [-0.15, -0.1) is 0 Å². The van der Waals surface area contributed by atoms with Gasteiger partial charge in [-0.3, -0.25) is 14.2 Å². The number of likely N-dealkylation sites (N-methyl/N-ethyl adjacent to an activating group) is 1. The average molecular weight is 518 g/mol. The lowest BCUT2D eigenvalue weighted by atomic mass is 9.94. The fourth-order valence-electron chi connectivity index (χ4n) is 4.43. The summed E-state index contributed by atoms with van der Waals surface area (Å²) < 4.78 is 13.4. The van der Waals surface area contributed by atoms with Crippen molar-refractivity contribution in [2.24, 2.45) is 4.99 Å². The number of hydrogen-bond acceptors (Lipinski definition) is 6. The standard InChI is InChI=1S/C29H31N3O4S/c1-6-17-36-21-15-13-20(14-16-21)18-24-27(33)32-26(22-11-9-10-12-23(22)35-5)25(19(4)30-29(32)37-24)28(34)31(7-2)8-3/h6,9-16,18,26H,1,7-8,17H2,2-5H3/b24-18-. The van der Waals surface area contributed by atoms with Crippen molar-refractivity contribution in [3.63, 3.8) is 0 Å². The van der Waals surface area contributed by atoms with Gasteiger partial charge < -0.3 is 14.4 Å². The summed E-state index contributed by atoms with van der Waals surface area (Å²) in [7, 11) is 1.59. The van der Waals surface area contributed by atoms with E-state index < -0.39 is 6.04 Å². The number of ether oxygens (including phenoxy) is 2. The second-order valence-electron chi connectivity index (χ2n) is 8.47. The van der Waals surface area contributed by atoms with E-state index in [-0.39, 0.29) is 11.5 Å². The maximum Gasteiger partial charge on any atom is 0.271 e. The molecule has 0 radical (unpaired) electrons.